The summed E-state index contributed by atoms with van der Waals surface area (Å²) in [5.41, 5.74) is 5.06. The van der Waals surface area contributed by atoms with Crippen LogP contribution in [0.5, 0.6) is 0 Å². The number of carbonyl (C=O) groups is 1. The molecule has 0 aliphatic heterocycles. The van der Waals surface area contributed by atoms with Crippen LogP contribution in [0, 0.1) is 5.92 Å². The van der Waals surface area contributed by atoms with Crippen LogP contribution in [-0.4, -0.2) is 18.6 Å². The summed E-state index contributed by atoms with van der Waals surface area (Å²) in [6, 6.07) is 0. The summed E-state index contributed by atoms with van der Waals surface area (Å²) in [5.74, 6) is -0.214. The molecule has 0 bridgehead atoms. The zero-order valence-corrected chi connectivity index (χ0v) is 6.76. The highest BCUT2D eigenvalue weighted by Gasteiger charge is 2.18. The van der Waals surface area contributed by atoms with E-state index < -0.39 is 6.10 Å². The van der Waals surface area contributed by atoms with Crippen molar-refractivity contribution in [3.8, 4) is 0 Å². The van der Waals surface area contributed by atoms with E-state index in [1.54, 1.807) is 0 Å². The lowest BCUT2D eigenvalue weighted by molar-refractivity contribution is -0.131. The molecule has 0 unspecified atom stereocenters. The first-order valence-electron chi connectivity index (χ1n) is 3.50. The molecule has 0 aromatic carbocycles. The first-order valence-corrected chi connectivity index (χ1v) is 3.50. The molecule has 0 aromatic rings. The summed E-state index contributed by atoms with van der Waals surface area (Å²) < 4.78 is 5.09. The van der Waals surface area contributed by atoms with Crippen LogP contribution >= 0.6 is 0 Å². The van der Waals surface area contributed by atoms with E-state index in [-0.39, 0.29) is 11.8 Å². The Kier molecular flexibility index (Phi) is 4.03. The summed E-state index contributed by atoms with van der Waals surface area (Å²) in [6.07, 6.45) is -0.426. The lowest BCUT2D eigenvalue weighted by atomic mass is 10.1. The zero-order valence-electron chi connectivity index (χ0n) is 6.76. The molecule has 1 amide bonds. The Labute approximate surface area is 61.5 Å². The van der Waals surface area contributed by atoms with Gasteiger partial charge in [0.1, 0.15) is 6.10 Å². The van der Waals surface area contributed by atoms with Crippen LogP contribution in [0.3, 0.4) is 0 Å². The predicted molar refractivity (Wildman–Crippen MR) is 39.4 cm³/mol. The van der Waals surface area contributed by atoms with Crippen molar-refractivity contribution in [2.75, 3.05) is 6.61 Å². The molecular formula is C7H15NO2. The van der Waals surface area contributed by atoms with Crippen molar-refractivity contribution in [1.82, 2.24) is 0 Å². The number of primary amides is 1. The van der Waals surface area contributed by atoms with Gasteiger partial charge in [-0.15, -0.1) is 0 Å². The van der Waals surface area contributed by atoms with Gasteiger partial charge in [0.25, 0.3) is 0 Å². The average Bonchev–Trinajstić information content (AvgIpc) is 1.81. The van der Waals surface area contributed by atoms with Crippen LogP contribution in [0.25, 0.3) is 0 Å². The van der Waals surface area contributed by atoms with E-state index in [9.17, 15) is 4.79 Å². The number of amides is 1. The molecule has 0 saturated carbocycles. The summed E-state index contributed by atoms with van der Waals surface area (Å²) in [5, 5.41) is 0. The smallest absolute Gasteiger partial charge is 0.246 e. The Hall–Kier alpha value is -0.570. The fourth-order valence-corrected chi connectivity index (χ4v) is 0.783. The van der Waals surface area contributed by atoms with Crippen LogP contribution in [0.15, 0.2) is 0 Å². The van der Waals surface area contributed by atoms with E-state index in [1.807, 2.05) is 20.8 Å². The Balaban J connectivity index is 3.85. The van der Waals surface area contributed by atoms with Crippen molar-refractivity contribution in [3.05, 3.63) is 0 Å². The fraction of sp³-hybridized carbons (Fsp3) is 0.857. The van der Waals surface area contributed by atoms with Gasteiger partial charge in [0.05, 0.1) is 0 Å². The standard InChI is InChI=1S/C7H15NO2/c1-4-10-6(5(2)3)7(8)9/h5-6H,4H2,1-3H3,(H2,8,9)/t6-/m0/s1. The molecule has 3 heteroatoms. The highest BCUT2D eigenvalue weighted by Crippen LogP contribution is 2.04. The Morgan fingerprint density at radius 3 is 2.20 bits per heavy atom. The molecule has 0 fully saturated rings. The van der Waals surface area contributed by atoms with Gasteiger partial charge in [0.2, 0.25) is 5.91 Å². The molecule has 0 aliphatic carbocycles. The number of nitrogens with two attached hydrogens (primary N) is 1. The molecule has 2 N–H and O–H groups in total. The molecule has 0 radical (unpaired) electrons. The van der Waals surface area contributed by atoms with Gasteiger partial charge in [-0.2, -0.15) is 0 Å². The Morgan fingerprint density at radius 1 is 1.60 bits per heavy atom. The number of carbonyl (C=O) groups excluding carboxylic acids is 1. The molecule has 3 nitrogen and oxygen atoms in total. The van der Waals surface area contributed by atoms with E-state index in [4.69, 9.17) is 10.5 Å². The molecule has 1 atom stereocenters. The van der Waals surface area contributed by atoms with Gasteiger partial charge in [0.15, 0.2) is 0 Å². The third-order valence-corrected chi connectivity index (χ3v) is 1.23. The third-order valence-electron chi connectivity index (χ3n) is 1.23. The summed E-state index contributed by atoms with van der Waals surface area (Å²) >= 11 is 0. The molecule has 60 valence electrons. The van der Waals surface area contributed by atoms with Crippen LogP contribution in [0.4, 0.5) is 0 Å². The highest BCUT2D eigenvalue weighted by atomic mass is 16.5. The van der Waals surface area contributed by atoms with Crippen molar-refractivity contribution >= 4 is 5.91 Å². The summed E-state index contributed by atoms with van der Waals surface area (Å²) in [4.78, 5) is 10.6. The van der Waals surface area contributed by atoms with E-state index >= 15 is 0 Å². The van der Waals surface area contributed by atoms with Gasteiger partial charge >= 0.3 is 0 Å². The van der Waals surface area contributed by atoms with Crippen LogP contribution < -0.4 is 5.73 Å². The molecular weight excluding hydrogens is 130 g/mol. The van der Waals surface area contributed by atoms with E-state index in [0.29, 0.717) is 6.61 Å². The van der Waals surface area contributed by atoms with Gasteiger partial charge < -0.3 is 10.5 Å². The summed E-state index contributed by atoms with van der Waals surface area (Å²) in [6.45, 7) is 6.19. The predicted octanol–water partition coefficient (Wildman–Crippen LogP) is 0.533. The van der Waals surface area contributed by atoms with Crippen LogP contribution in [-0.2, 0) is 9.53 Å². The molecule has 0 spiro atoms. The number of rotatable bonds is 4. The lowest BCUT2D eigenvalue weighted by Gasteiger charge is -2.16. The van der Waals surface area contributed by atoms with Crippen molar-refractivity contribution < 1.29 is 9.53 Å². The largest absolute Gasteiger partial charge is 0.368 e. The second-order valence-corrected chi connectivity index (χ2v) is 2.52. The molecule has 0 aromatic heterocycles. The van der Waals surface area contributed by atoms with Crippen molar-refractivity contribution in [2.45, 2.75) is 26.9 Å². The first-order chi connectivity index (χ1) is 4.59. The SMILES string of the molecule is CCO[C@H](C(N)=O)C(C)C. The topological polar surface area (TPSA) is 52.3 Å². The zero-order chi connectivity index (χ0) is 8.15. The normalized spacial score (nSPS) is 13.6. The summed E-state index contributed by atoms with van der Waals surface area (Å²) in [7, 11) is 0. The maximum Gasteiger partial charge on any atom is 0.246 e. The maximum atomic E-state index is 10.6. The number of hydrogen-bond donors (Lipinski definition) is 1. The molecule has 0 aliphatic rings. The second kappa shape index (κ2) is 4.28. The molecule has 0 saturated heterocycles. The minimum atomic E-state index is -0.426. The minimum absolute atomic E-state index is 0.164. The Morgan fingerprint density at radius 2 is 2.10 bits per heavy atom. The fourth-order valence-electron chi connectivity index (χ4n) is 0.783. The van der Waals surface area contributed by atoms with Gasteiger partial charge in [-0.3, -0.25) is 4.79 Å². The average molecular weight is 145 g/mol. The van der Waals surface area contributed by atoms with Gasteiger partial charge in [-0.25, -0.2) is 0 Å². The van der Waals surface area contributed by atoms with E-state index in [2.05, 4.69) is 0 Å². The number of hydrogen-bond acceptors (Lipinski definition) is 2. The molecule has 10 heavy (non-hydrogen) atoms. The van der Waals surface area contributed by atoms with E-state index in [1.165, 1.54) is 0 Å². The highest BCUT2D eigenvalue weighted by molar-refractivity contribution is 5.79. The van der Waals surface area contributed by atoms with E-state index in [0.717, 1.165) is 0 Å². The first kappa shape index (κ1) is 9.43. The lowest BCUT2D eigenvalue weighted by Crippen LogP contribution is -2.35. The van der Waals surface area contributed by atoms with Crippen molar-refractivity contribution in [3.63, 3.8) is 0 Å². The minimum Gasteiger partial charge on any atom is -0.368 e. The second-order valence-electron chi connectivity index (χ2n) is 2.52. The number of ether oxygens (including phenoxy) is 1. The Bertz CT molecular complexity index is 112. The van der Waals surface area contributed by atoms with Crippen molar-refractivity contribution in [2.24, 2.45) is 11.7 Å². The van der Waals surface area contributed by atoms with Crippen molar-refractivity contribution in [1.29, 1.82) is 0 Å². The molecule has 0 heterocycles. The quantitative estimate of drug-likeness (QED) is 0.627. The third kappa shape index (κ3) is 2.82. The van der Waals surface area contributed by atoms with Crippen LogP contribution in [0.1, 0.15) is 20.8 Å². The monoisotopic (exact) mass is 145 g/mol. The molecule has 0 rings (SSSR count). The van der Waals surface area contributed by atoms with Gasteiger partial charge in [0, 0.05) is 6.61 Å². The van der Waals surface area contributed by atoms with Gasteiger partial charge in [-0.1, -0.05) is 13.8 Å². The van der Waals surface area contributed by atoms with Gasteiger partial charge in [-0.05, 0) is 12.8 Å². The van der Waals surface area contributed by atoms with Crippen LogP contribution in [0.2, 0.25) is 0 Å². The maximum absolute atomic E-state index is 10.6.